The molecule has 0 bridgehead atoms. The van der Waals surface area contributed by atoms with Gasteiger partial charge in [-0.15, -0.1) is 0 Å². The molecule has 0 radical (unpaired) electrons. The normalized spacial score (nSPS) is 22.3. The number of rotatable bonds is 3. The van der Waals surface area contributed by atoms with Gasteiger partial charge in [0.2, 0.25) is 0 Å². The standard InChI is InChI=1S/C23H22N2O4/c1-25(2)24-21-13-17(26)14-7-4-5-9-16(14)23(21)28-19-10-6-8-15-18(27-3)11-12-20(29-23)22(15)19/h4-12,21,24H,13H2,1-3H3. The van der Waals surface area contributed by atoms with Crippen molar-refractivity contribution in [3.63, 3.8) is 0 Å². The van der Waals surface area contributed by atoms with Crippen LogP contribution < -0.4 is 19.6 Å². The van der Waals surface area contributed by atoms with Crippen LogP contribution in [0.2, 0.25) is 0 Å². The molecular weight excluding hydrogens is 368 g/mol. The highest BCUT2D eigenvalue weighted by atomic mass is 16.7. The summed E-state index contributed by atoms with van der Waals surface area (Å²) in [6.45, 7) is 0. The number of nitrogens with one attached hydrogen (secondary N) is 1. The summed E-state index contributed by atoms with van der Waals surface area (Å²) in [6, 6.07) is 16.8. The van der Waals surface area contributed by atoms with E-state index in [0.29, 0.717) is 17.1 Å². The van der Waals surface area contributed by atoms with Crippen LogP contribution in [0, 0.1) is 0 Å². The van der Waals surface area contributed by atoms with Crippen molar-refractivity contribution in [1.29, 1.82) is 0 Å². The van der Waals surface area contributed by atoms with E-state index < -0.39 is 11.8 Å². The van der Waals surface area contributed by atoms with Crippen molar-refractivity contribution in [2.24, 2.45) is 0 Å². The minimum atomic E-state index is -1.16. The maximum absolute atomic E-state index is 12.8. The van der Waals surface area contributed by atoms with Crippen molar-refractivity contribution in [2.75, 3.05) is 21.2 Å². The number of ketones is 1. The molecule has 1 aliphatic heterocycles. The summed E-state index contributed by atoms with van der Waals surface area (Å²) < 4.78 is 18.7. The topological polar surface area (TPSA) is 60.0 Å². The van der Waals surface area contributed by atoms with E-state index >= 15 is 0 Å². The van der Waals surface area contributed by atoms with E-state index in [1.54, 1.807) is 7.11 Å². The highest BCUT2D eigenvalue weighted by molar-refractivity contribution is 6.01. The number of fused-ring (bicyclic) bond motifs is 2. The molecule has 3 aromatic carbocycles. The minimum absolute atomic E-state index is 0.0662. The van der Waals surface area contributed by atoms with Gasteiger partial charge in [-0.05, 0) is 18.2 Å². The molecule has 2 atom stereocenters. The molecule has 1 heterocycles. The fraction of sp³-hybridized carbons (Fsp3) is 0.261. The van der Waals surface area contributed by atoms with Gasteiger partial charge in [0.25, 0.3) is 5.79 Å². The summed E-state index contributed by atoms with van der Waals surface area (Å²) in [7, 11) is 5.43. The second-order valence-electron chi connectivity index (χ2n) is 7.57. The number of benzene rings is 3. The van der Waals surface area contributed by atoms with Crippen LogP contribution in [0.3, 0.4) is 0 Å². The Morgan fingerprint density at radius 1 is 1.03 bits per heavy atom. The third kappa shape index (κ3) is 2.60. The van der Waals surface area contributed by atoms with Gasteiger partial charge in [-0.1, -0.05) is 36.4 Å². The minimum Gasteiger partial charge on any atom is -0.496 e. The molecule has 3 aromatic rings. The Balaban J connectivity index is 1.74. The van der Waals surface area contributed by atoms with Crippen LogP contribution in [0.5, 0.6) is 17.2 Å². The first-order valence-corrected chi connectivity index (χ1v) is 9.57. The van der Waals surface area contributed by atoms with E-state index in [2.05, 4.69) is 5.43 Å². The average molecular weight is 390 g/mol. The van der Waals surface area contributed by atoms with Crippen LogP contribution in [0.4, 0.5) is 0 Å². The van der Waals surface area contributed by atoms with Crippen molar-refractivity contribution < 1.29 is 19.0 Å². The maximum Gasteiger partial charge on any atom is 0.295 e. The highest BCUT2D eigenvalue weighted by Gasteiger charge is 2.54. The Morgan fingerprint density at radius 2 is 1.79 bits per heavy atom. The van der Waals surface area contributed by atoms with Crippen molar-refractivity contribution >= 4 is 16.6 Å². The van der Waals surface area contributed by atoms with E-state index in [0.717, 1.165) is 22.1 Å². The van der Waals surface area contributed by atoms with Gasteiger partial charge in [-0.2, -0.15) is 0 Å². The summed E-state index contributed by atoms with van der Waals surface area (Å²) in [6.07, 6.45) is 0.261. The third-order valence-corrected chi connectivity index (χ3v) is 5.53. The molecule has 1 aliphatic carbocycles. The second kappa shape index (κ2) is 6.47. The zero-order valence-electron chi connectivity index (χ0n) is 16.6. The summed E-state index contributed by atoms with van der Waals surface area (Å²) in [5.41, 5.74) is 4.70. The van der Waals surface area contributed by atoms with E-state index in [-0.39, 0.29) is 12.2 Å². The van der Waals surface area contributed by atoms with Crippen LogP contribution >= 0.6 is 0 Å². The van der Waals surface area contributed by atoms with Crippen molar-refractivity contribution in [3.05, 3.63) is 65.7 Å². The number of nitrogens with zero attached hydrogens (tertiary/aromatic N) is 1. The number of carbonyl (C=O) groups is 1. The summed E-state index contributed by atoms with van der Waals surface area (Å²) in [5, 5.41) is 3.62. The quantitative estimate of drug-likeness (QED) is 0.691. The molecule has 2 aliphatic rings. The summed E-state index contributed by atoms with van der Waals surface area (Å²) >= 11 is 0. The van der Waals surface area contributed by atoms with E-state index in [1.165, 1.54) is 0 Å². The SMILES string of the molecule is COc1ccc2c3c(cccc13)OC1(O2)c2ccccc2C(=O)CC1NN(C)C. The summed E-state index contributed by atoms with van der Waals surface area (Å²) in [4.78, 5) is 12.8. The fourth-order valence-electron chi connectivity index (χ4n) is 4.35. The predicted molar refractivity (Wildman–Crippen MR) is 109 cm³/mol. The Bertz CT molecular complexity index is 1110. The van der Waals surface area contributed by atoms with Crippen LogP contribution in [-0.2, 0) is 5.79 Å². The monoisotopic (exact) mass is 390 g/mol. The first-order chi connectivity index (χ1) is 14.0. The Kier molecular flexibility index (Phi) is 4.01. The molecule has 0 amide bonds. The van der Waals surface area contributed by atoms with Gasteiger partial charge < -0.3 is 14.2 Å². The zero-order chi connectivity index (χ0) is 20.2. The molecule has 0 saturated carbocycles. The third-order valence-electron chi connectivity index (χ3n) is 5.53. The number of Topliss-reactive ketones (excluding diaryl/α,β-unsaturated/α-hetero) is 1. The first kappa shape index (κ1) is 18.0. The Labute approximate surface area is 168 Å². The number of hydrogen-bond acceptors (Lipinski definition) is 6. The van der Waals surface area contributed by atoms with Crippen molar-refractivity contribution in [2.45, 2.75) is 18.2 Å². The van der Waals surface area contributed by atoms with Crippen LogP contribution in [0.1, 0.15) is 22.3 Å². The summed E-state index contributed by atoms with van der Waals surface area (Å²) in [5.74, 6) is 1.08. The maximum atomic E-state index is 12.8. The molecule has 0 fully saturated rings. The van der Waals surface area contributed by atoms with Gasteiger partial charge >= 0.3 is 0 Å². The molecule has 148 valence electrons. The van der Waals surface area contributed by atoms with Gasteiger partial charge in [0.05, 0.1) is 12.5 Å². The highest BCUT2D eigenvalue weighted by Crippen LogP contribution is 2.50. The molecule has 6 nitrogen and oxygen atoms in total. The van der Waals surface area contributed by atoms with Gasteiger partial charge in [-0.3, -0.25) is 9.80 Å². The number of carbonyl (C=O) groups excluding carboxylic acids is 1. The number of hydrazine groups is 1. The average Bonchev–Trinajstić information content (AvgIpc) is 2.72. The zero-order valence-corrected chi connectivity index (χ0v) is 16.6. The number of ether oxygens (including phenoxy) is 3. The molecular formula is C23H22N2O4. The molecule has 0 aromatic heterocycles. The van der Waals surface area contributed by atoms with E-state index in [9.17, 15) is 4.79 Å². The molecule has 5 rings (SSSR count). The Hall–Kier alpha value is -3.09. The first-order valence-electron chi connectivity index (χ1n) is 9.57. The smallest absolute Gasteiger partial charge is 0.295 e. The molecule has 2 unspecified atom stereocenters. The van der Waals surface area contributed by atoms with Crippen LogP contribution in [0.15, 0.2) is 54.6 Å². The lowest BCUT2D eigenvalue weighted by molar-refractivity contribution is -0.164. The molecule has 1 N–H and O–H groups in total. The van der Waals surface area contributed by atoms with Crippen molar-refractivity contribution in [3.8, 4) is 17.2 Å². The molecule has 6 heteroatoms. The fourth-order valence-corrected chi connectivity index (χ4v) is 4.35. The molecule has 29 heavy (non-hydrogen) atoms. The lowest BCUT2D eigenvalue weighted by Crippen LogP contribution is -2.62. The van der Waals surface area contributed by atoms with Gasteiger partial charge in [0, 0.05) is 37.0 Å². The van der Waals surface area contributed by atoms with Crippen molar-refractivity contribution in [1.82, 2.24) is 10.4 Å². The van der Waals surface area contributed by atoms with Crippen LogP contribution in [0.25, 0.3) is 10.8 Å². The van der Waals surface area contributed by atoms with E-state index in [1.807, 2.05) is 73.7 Å². The lowest BCUT2D eigenvalue weighted by Gasteiger charge is -2.47. The number of methoxy groups -OCH3 is 1. The largest absolute Gasteiger partial charge is 0.496 e. The Morgan fingerprint density at radius 3 is 2.55 bits per heavy atom. The molecule has 0 saturated heterocycles. The lowest BCUT2D eigenvalue weighted by atomic mass is 9.81. The second-order valence-corrected chi connectivity index (χ2v) is 7.57. The number of hydrogen-bond donors (Lipinski definition) is 1. The van der Waals surface area contributed by atoms with Gasteiger partial charge in [0.1, 0.15) is 23.3 Å². The molecule has 1 spiro atoms. The van der Waals surface area contributed by atoms with Crippen LogP contribution in [-0.4, -0.2) is 38.0 Å². The van der Waals surface area contributed by atoms with E-state index in [4.69, 9.17) is 14.2 Å². The predicted octanol–water partition coefficient (Wildman–Crippen LogP) is 3.49. The van der Waals surface area contributed by atoms with Gasteiger partial charge in [-0.25, -0.2) is 5.43 Å². The van der Waals surface area contributed by atoms with Gasteiger partial charge in [0.15, 0.2) is 5.78 Å².